The van der Waals surface area contributed by atoms with Crippen LogP contribution in [0, 0.1) is 0 Å². The van der Waals surface area contributed by atoms with Crippen LogP contribution in [-0.2, 0) is 0 Å². The van der Waals surface area contributed by atoms with Crippen LogP contribution >= 0.6 is 38.9 Å². The van der Waals surface area contributed by atoms with Crippen LogP contribution in [0.15, 0.2) is 46.1 Å². The highest BCUT2D eigenvalue weighted by atomic mass is 79.9. The van der Waals surface area contributed by atoms with Crippen LogP contribution < -0.4 is 4.74 Å². The molecule has 0 amide bonds. The lowest BCUT2D eigenvalue weighted by molar-refractivity contribution is 0.439. The summed E-state index contributed by atoms with van der Waals surface area (Å²) in [5.74, 6) is 0.448. The quantitative estimate of drug-likeness (QED) is 0.615. The van der Waals surface area contributed by atoms with E-state index in [9.17, 15) is 0 Å². The minimum Gasteiger partial charge on any atom is -0.429 e. The average Bonchev–Trinajstić information content (AvgIpc) is 2.50. The highest BCUT2D eigenvalue weighted by molar-refractivity contribution is 9.11. The molecule has 0 aromatic carbocycles. The summed E-state index contributed by atoms with van der Waals surface area (Å²) in [5.41, 5.74) is 0. The van der Waals surface area contributed by atoms with Crippen molar-refractivity contribution in [2.75, 3.05) is 0 Å². The van der Waals surface area contributed by atoms with Crippen LogP contribution in [0.2, 0.25) is 0 Å². The van der Waals surface area contributed by atoms with Gasteiger partial charge in [-0.05, 0) is 22.0 Å². The Kier molecular flexibility index (Phi) is 4.38. The van der Waals surface area contributed by atoms with Gasteiger partial charge in [0.05, 0.1) is 15.0 Å². The lowest BCUT2D eigenvalue weighted by atomic mass is 10.4. The van der Waals surface area contributed by atoms with Gasteiger partial charge in [-0.2, -0.15) is 0 Å². The zero-order chi connectivity index (χ0) is 10.6. The molecule has 0 aliphatic rings. The fraction of sp³-hybridized carbons (Fsp3) is 0. The number of thiazole rings is 1. The Morgan fingerprint density at radius 3 is 2.86 bits per heavy atom. The second kappa shape index (κ2) is 5.34. The maximum Gasteiger partial charge on any atom is 0.279 e. The van der Waals surface area contributed by atoms with Gasteiger partial charge in [0.25, 0.3) is 5.19 Å². The Morgan fingerprint density at radius 2 is 2.43 bits per heavy atom. The zero-order valence-corrected chi connectivity index (χ0v) is 10.3. The summed E-state index contributed by atoms with van der Waals surface area (Å²) in [6.07, 6.45) is 4.86. The molecule has 0 fully saturated rings. The van der Waals surface area contributed by atoms with E-state index in [1.807, 2.05) is 0 Å². The Bertz CT molecular complexity index is 386. The molecule has 0 bridgehead atoms. The Balaban J connectivity index is 2.79. The van der Waals surface area contributed by atoms with E-state index >= 15 is 0 Å². The van der Waals surface area contributed by atoms with Gasteiger partial charge in [-0.15, -0.1) is 0 Å². The predicted octanol–water partition coefficient (Wildman–Crippen LogP) is 4.11. The molecule has 0 atom stereocenters. The van der Waals surface area contributed by atoms with Crippen LogP contribution in [0.25, 0.3) is 0 Å². The topological polar surface area (TPSA) is 22.1 Å². The molecule has 1 aromatic heterocycles. The molecule has 0 radical (unpaired) electrons. The maximum atomic E-state index is 5.71. The molecule has 14 heavy (non-hydrogen) atoms. The third-order valence-corrected chi connectivity index (χ3v) is 2.73. The molecule has 1 rings (SSSR count). The van der Waals surface area contributed by atoms with Crippen LogP contribution in [0.1, 0.15) is 0 Å². The molecule has 2 nitrogen and oxygen atoms in total. The Labute approximate surface area is 99.7 Å². The van der Waals surface area contributed by atoms with Crippen LogP contribution in [0.5, 0.6) is 5.19 Å². The van der Waals surface area contributed by atoms with Crippen LogP contribution in [0.4, 0.5) is 0 Å². The summed E-state index contributed by atoms with van der Waals surface area (Å²) in [6.45, 7) is 7.11. The third-order valence-electron chi connectivity index (χ3n) is 1.19. The number of allylic oxidation sites excluding steroid dienone is 3. The van der Waals surface area contributed by atoms with Crippen molar-refractivity contribution in [1.29, 1.82) is 0 Å². The molecule has 0 aliphatic heterocycles. The van der Waals surface area contributed by atoms with Gasteiger partial charge in [0.15, 0.2) is 0 Å². The van der Waals surface area contributed by atoms with Gasteiger partial charge in [-0.3, -0.25) is 0 Å². The molecule has 0 saturated heterocycles. The summed E-state index contributed by atoms with van der Waals surface area (Å²) < 4.78 is 6.27. The lowest BCUT2D eigenvalue weighted by Crippen LogP contribution is -1.93. The van der Waals surface area contributed by atoms with Gasteiger partial charge in [-0.1, -0.05) is 42.2 Å². The first-order valence-electron chi connectivity index (χ1n) is 3.60. The molecule has 1 heterocycles. The SMILES string of the molecule is C=C/C=C(/Oc1ncc(Br)s1)C(=C)Cl. The van der Waals surface area contributed by atoms with Crippen molar-refractivity contribution in [3.05, 3.63) is 46.1 Å². The summed E-state index contributed by atoms with van der Waals surface area (Å²) in [6, 6.07) is 0. The molecule has 0 spiro atoms. The molecule has 0 N–H and O–H groups in total. The summed E-state index contributed by atoms with van der Waals surface area (Å²) >= 11 is 10.4. The highest BCUT2D eigenvalue weighted by Crippen LogP contribution is 2.28. The predicted molar refractivity (Wildman–Crippen MR) is 63.7 cm³/mol. The first-order valence-corrected chi connectivity index (χ1v) is 5.59. The van der Waals surface area contributed by atoms with Crippen LogP contribution in [0.3, 0.4) is 0 Å². The van der Waals surface area contributed by atoms with E-state index in [0.29, 0.717) is 16.0 Å². The summed E-state index contributed by atoms with van der Waals surface area (Å²) in [7, 11) is 0. The van der Waals surface area contributed by atoms with Crippen molar-refractivity contribution in [3.63, 3.8) is 0 Å². The molecular formula is C9H7BrClNOS. The molecule has 0 aliphatic carbocycles. The first kappa shape index (κ1) is 11.5. The normalized spacial score (nSPS) is 11.1. The number of hydrogen-bond donors (Lipinski definition) is 0. The standard InChI is InChI=1S/C9H7BrClNOS/c1-3-4-7(6(2)11)13-9-12-5-8(10)14-9/h3-5H,1-2H2/b7-4+. The van der Waals surface area contributed by atoms with Gasteiger partial charge >= 0.3 is 0 Å². The second-order valence-electron chi connectivity index (χ2n) is 2.20. The number of rotatable bonds is 4. The van der Waals surface area contributed by atoms with E-state index in [4.69, 9.17) is 16.3 Å². The highest BCUT2D eigenvalue weighted by Gasteiger charge is 2.06. The number of hydrogen-bond acceptors (Lipinski definition) is 3. The van der Waals surface area contributed by atoms with E-state index in [2.05, 4.69) is 34.1 Å². The van der Waals surface area contributed by atoms with Crippen molar-refractivity contribution >= 4 is 38.9 Å². The smallest absolute Gasteiger partial charge is 0.279 e. The second-order valence-corrected chi connectivity index (χ2v) is 5.03. The van der Waals surface area contributed by atoms with Crippen LogP contribution in [-0.4, -0.2) is 4.98 Å². The number of halogens is 2. The minimum absolute atomic E-state index is 0.316. The molecule has 1 aromatic rings. The number of aromatic nitrogens is 1. The van der Waals surface area contributed by atoms with E-state index in [1.165, 1.54) is 11.3 Å². The molecule has 5 heteroatoms. The monoisotopic (exact) mass is 291 g/mol. The average molecular weight is 293 g/mol. The van der Waals surface area contributed by atoms with Crippen molar-refractivity contribution < 1.29 is 4.74 Å². The van der Waals surface area contributed by atoms with E-state index < -0.39 is 0 Å². The van der Waals surface area contributed by atoms with Crippen molar-refractivity contribution in [2.24, 2.45) is 0 Å². The Morgan fingerprint density at radius 1 is 1.71 bits per heavy atom. The summed E-state index contributed by atoms with van der Waals surface area (Å²) in [5, 5.41) is 0.822. The van der Waals surface area contributed by atoms with Gasteiger partial charge < -0.3 is 4.74 Å². The lowest BCUT2D eigenvalue weighted by Gasteiger charge is -2.03. The van der Waals surface area contributed by atoms with E-state index in [0.717, 1.165) is 3.79 Å². The zero-order valence-electron chi connectivity index (χ0n) is 7.17. The van der Waals surface area contributed by atoms with Crippen molar-refractivity contribution in [1.82, 2.24) is 4.98 Å². The van der Waals surface area contributed by atoms with Gasteiger partial charge in [0.2, 0.25) is 0 Å². The fourth-order valence-electron chi connectivity index (χ4n) is 0.668. The molecule has 0 unspecified atom stereocenters. The van der Waals surface area contributed by atoms with Gasteiger partial charge in [0, 0.05) is 0 Å². The fourth-order valence-corrected chi connectivity index (χ4v) is 1.80. The minimum atomic E-state index is 0.316. The van der Waals surface area contributed by atoms with E-state index in [-0.39, 0.29) is 0 Å². The van der Waals surface area contributed by atoms with Gasteiger partial charge in [-0.25, -0.2) is 4.98 Å². The van der Waals surface area contributed by atoms with Gasteiger partial charge in [0.1, 0.15) is 5.76 Å². The van der Waals surface area contributed by atoms with E-state index in [1.54, 1.807) is 18.3 Å². The van der Waals surface area contributed by atoms with Crippen molar-refractivity contribution in [2.45, 2.75) is 0 Å². The third kappa shape index (κ3) is 3.29. The Hall–Kier alpha value is -0.580. The molecular weight excluding hydrogens is 286 g/mol. The number of ether oxygens (including phenoxy) is 1. The van der Waals surface area contributed by atoms with Crippen molar-refractivity contribution in [3.8, 4) is 5.19 Å². The maximum absolute atomic E-state index is 5.71. The molecule has 74 valence electrons. The molecule has 0 saturated carbocycles. The first-order chi connectivity index (χ1) is 6.63. The summed E-state index contributed by atoms with van der Waals surface area (Å²) in [4.78, 5) is 3.99. The number of nitrogens with zero attached hydrogens (tertiary/aromatic N) is 1. The largest absolute Gasteiger partial charge is 0.429 e.